The van der Waals surface area contributed by atoms with Crippen LogP contribution in [-0.4, -0.2) is 80.7 Å². The van der Waals surface area contributed by atoms with E-state index in [-0.39, 0.29) is 11.0 Å². The molecular weight excluding hydrogens is 524 g/mol. The van der Waals surface area contributed by atoms with E-state index >= 15 is 0 Å². The van der Waals surface area contributed by atoms with Crippen LogP contribution in [0.3, 0.4) is 0 Å². The number of benzene rings is 1. The Morgan fingerprint density at radius 2 is 1.92 bits per heavy atom. The van der Waals surface area contributed by atoms with Gasteiger partial charge < -0.3 is 25.2 Å². The van der Waals surface area contributed by atoms with Crippen LogP contribution in [0.25, 0.3) is 38.2 Å². The minimum absolute atomic E-state index is 0.142. The molecule has 0 radical (unpaired) electrons. The molecule has 39 heavy (non-hydrogen) atoms. The van der Waals surface area contributed by atoms with Gasteiger partial charge in [-0.1, -0.05) is 24.3 Å². The molecule has 0 bridgehead atoms. The van der Waals surface area contributed by atoms with E-state index in [1.807, 2.05) is 12.1 Å². The minimum atomic E-state index is -1.63. The predicted octanol–water partition coefficient (Wildman–Crippen LogP) is 0.633. The third-order valence-corrected chi connectivity index (χ3v) is 8.62. The number of fused-ring (bicyclic) bond motifs is 6. The summed E-state index contributed by atoms with van der Waals surface area (Å²) in [5.74, 6) is 1.07. The van der Waals surface area contributed by atoms with E-state index in [9.17, 15) is 25.2 Å². The molecule has 12 nitrogen and oxygen atoms in total. The monoisotopic (exact) mass is 548 g/mol. The van der Waals surface area contributed by atoms with Gasteiger partial charge in [-0.2, -0.15) is 9.78 Å². The number of hydrogen-bond acceptors (Lipinski definition) is 11. The molecule has 0 spiro atoms. The van der Waals surface area contributed by atoms with Crippen LogP contribution >= 0.6 is 11.3 Å². The Bertz CT molecular complexity index is 1810. The molecule has 1 fully saturated rings. The number of thiophene rings is 1. The second-order valence-electron chi connectivity index (χ2n) is 9.80. The summed E-state index contributed by atoms with van der Waals surface area (Å²) >= 11 is 1.63. The van der Waals surface area contributed by atoms with Crippen LogP contribution in [0.4, 0.5) is 0 Å². The van der Waals surface area contributed by atoms with Crippen molar-refractivity contribution >= 4 is 32.6 Å². The van der Waals surface area contributed by atoms with Crippen molar-refractivity contribution in [1.29, 1.82) is 0 Å². The number of aromatic nitrogens is 6. The number of aliphatic hydroxyl groups excluding tert-OH is 4. The zero-order valence-electron chi connectivity index (χ0n) is 20.7. The standard InChI is InChI=1S/C26H24N6O6S/c1-11-29-23(18-17-13-5-3-2-4-12(13)6-7-16(17)39-24(18)30-11)32-22-14(8-28-32)25(37)31(10-27-22)26-21(36)20(35)19(34)15(9-33)38-26/h2-5,8,10,15,19-21,26,33-36H,6-7,9H2,1H3/t15-,19-,20+,21-,26-/m1/s1. The summed E-state index contributed by atoms with van der Waals surface area (Å²) < 4.78 is 8.11. The molecule has 7 rings (SSSR count). The average Bonchev–Trinajstić information content (AvgIpc) is 3.54. The Balaban J connectivity index is 1.40. The summed E-state index contributed by atoms with van der Waals surface area (Å²) in [4.78, 5) is 29.5. The lowest BCUT2D eigenvalue weighted by molar-refractivity contribution is -0.252. The molecule has 4 N–H and O–H groups in total. The van der Waals surface area contributed by atoms with E-state index in [2.05, 4.69) is 22.2 Å². The van der Waals surface area contributed by atoms with Gasteiger partial charge in [0.15, 0.2) is 17.7 Å². The van der Waals surface area contributed by atoms with E-state index in [0.29, 0.717) is 11.6 Å². The number of ether oxygens (including phenoxy) is 1. The Morgan fingerprint density at radius 1 is 1.10 bits per heavy atom. The van der Waals surface area contributed by atoms with Gasteiger partial charge >= 0.3 is 0 Å². The highest BCUT2D eigenvalue weighted by atomic mass is 32.1. The van der Waals surface area contributed by atoms with Gasteiger partial charge in [0.2, 0.25) is 0 Å². The van der Waals surface area contributed by atoms with Crippen molar-refractivity contribution in [3.63, 3.8) is 0 Å². The van der Waals surface area contributed by atoms with E-state index in [1.165, 1.54) is 27.6 Å². The van der Waals surface area contributed by atoms with Crippen molar-refractivity contribution in [3.8, 4) is 16.9 Å². The lowest BCUT2D eigenvalue weighted by Gasteiger charge is -2.40. The Labute approximate surface area is 224 Å². The molecule has 1 aliphatic carbocycles. The average molecular weight is 549 g/mol. The Hall–Kier alpha value is -3.59. The number of hydrogen-bond donors (Lipinski definition) is 4. The summed E-state index contributed by atoms with van der Waals surface area (Å²) in [6.45, 7) is 1.20. The first-order chi connectivity index (χ1) is 18.9. The molecule has 2 aliphatic rings. The smallest absolute Gasteiger partial charge is 0.266 e. The zero-order chi connectivity index (χ0) is 27.0. The normalized spacial score (nSPS) is 24.7. The zero-order valence-corrected chi connectivity index (χ0v) is 21.5. The number of aryl methyl sites for hydroxylation is 3. The molecule has 5 atom stereocenters. The van der Waals surface area contributed by atoms with Crippen LogP contribution in [0.5, 0.6) is 0 Å². The maximum absolute atomic E-state index is 13.5. The van der Waals surface area contributed by atoms with Crippen LogP contribution in [0.1, 0.15) is 22.5 Å². The minimum Gasteiger partial charge on any atom is -0.394 e. The fraction of sp³-hybridized carbons (Fsp3) is 0.346. The second kappa shape index (κ2) is 8.98. The summed E-state index contributed by atoms with van der Waals surface area (Å²) in [6.07, 6.45) is -2.92. The first-order valence-electron chi connectivity index (χ1n) is 12.5. The molecule has 5 aromatic rings. The van der Waals surface area contributed by atoms with Crippen LogP contribution in [0.2, 0.25) is 0 Å². The lowest BCUT2D eigenvalue weighted by atomic mass is 9.89. The predicted molar refractivity (Wildman–Crippen MR) is 141 cm³/mol. The van der Waals surface area contributed by atoms with Gasteiger partial charge in [0, 0.05) is 10.4 Å². The second-order valence-corrected chi connectivity index (χ2v) is 10.9. The Kier molecular flexibility index (Phi) is 5.63. The van der Waals surface area contributed by atoms with Crippen LogP contribution in [0, 0.1) is 6.92 Å². The molecule has 5 heterocycles. The fourth-order valence-electron chi connectivity index (χ4n) is 5.55. The van der Waals surface area contributed by atoms with Gasteiger partial charge in [-0.05, 0) is 30.9 Å². The van der Waals surface area contributed by atoms with Crippen molar-refractivity contribution in [2.45, 2.75) is 50.4 Å². The molecule has 1 aromatic carbocycles. The molecule has 0 saturated carbocycles. The largest absolute Gasteiger partial charge is 0.394 e. The lowest BCUT2D eigenvalue weighted by Crippen LogP contribution is -2.57. The summed E-state index contributed by atoms with van der Waals surface area (Å²) in [5.41, 5.74) is 3.14. The van der Waals surface area contributed by atoms with Crippen molar-refractivity contribution < 1.29 is 25.2 Å². The van der Waals surface area contributed by atoms with Crippen molar-refractivity contribution in [2.24, 2.45) is 0 Å². The topological polar surface area (TPSA) is 169 Å². The highest BCUT2D eigenvalue weighted by molar-refractivity contribution is 7.19. The van der Waals surface area contributed by atoms with Crippen LogP contribution in [-0.2, 0) is 17.6 Å². The third kappa shape index (κ3) is 3.58. The fourth-order valence-corrected chi connectivity index (χ4v) is 6.78. The SMILES string of the molecule is Cc1nc(-n2ncc3c(=O)n([C@@H]4O[C@H](CO)[C@@H](O)[C@H](O)[C@H]4O)cnc32)c2c3c(sc2n1)CCc1ccccc1-3. The molecule has 200 valence electrons. The van der Waals surface area contributed by atoms with Crippen molar-refractivity contribution in [2.75, 3.05) is 6.61 Å². The molecule has 0 unspecified atom stereocenters. The van der Waals surface area contributed by atoms with Gasteiger partial charge in [-0.15, -0.1) is 11.3 Å². The van der Waals surface area contributed by atoms with Crippen LogP contribution < -0.4 is 5.56 Å². The van der Waals surface area contributed by atoms with Gasteiger partial charge in [0.25, 0.3) is 5.56 Å². The number of rotatable bonds is 3. The van der Waals surface area contributed by atoms with E-state index < -0.39 is 42.8 Å². The summed E-state index contributed by atoms with van der Waals surface area (Å²) in [5, 5.41) is 45.8. The van der Waals surface area contributed by atoms with E-state index in [1.54, 1.807) is 18.3 Å². The Morgan fingerprint density at radius 3 is 2.74 bits per heavy atom. The summed E-state index contributed by atoms with van der Waals surface area (Å²) in [7, 11) is 0. The van der Waals surface area contributed by atoms with E-state index in [4.69, 9.17) is 14.7 Å². The van der Waals surface area contributed by atoms with Crippen molar-refractivity contribution in [1.82, 2.24) is 29.3 Å². The quantitative estimate of drug-likeness (QED) is 0.251. The molecule has 1 aliphatic heterocycles. The van der Waals surface area contributed by atoms with Gasteiger partial charge in [-0.25, -0.2) is 15.0 Å². The molecule has 0 amide bonds. The van der Waals surface area contributed by atoms with Gasteiger partial charge in [-0.3, -0.25) is 9.36 Å². The highest BCUT2D eigenvalue weighted by Crippen LogP contribution is 2.45. The third-order valence-electron chi connectivity index (χ3n) is 7.48. The van der Waals surface area contributed by atoms with Gasteiger partial charge in [0.05, 0.1) is 18.2 Å². The molecular formula is C26H24N6O6S. The number of nitrogens with zero attached hydrogens (tertiary/aromatic N) is 6. The highest BCUT2D eigenvalue weighted by Gasteiger charge is 2.44. The van der Waals surface area contributed by atoms with Crippen molar-refractivity contribution in [3.05, 3.63) is 63.4 Å². The van der Waals surface area contributed by atoms with E-state index in [0.717, 1.165) is 38.8 Å². The number of aliphatic hydroxyl groups is 4. The maximum atomic E-state index is 13.5. The molecule has 4 aromatic heterocycles. The first-order valence-corrected chi connectivity index (χ1v) is 13.3. The van der Waals surface area contributed by atoms with Gasteiger partial charge in [0.1, 0.15) is 46.8 Å². The van der Waals surface area contributed by atoms with Crippen LogP contribution in [0.15, 0.2) is 41.6 Å². The molecule has 1 saturated heterocycles. The maximum Gasteiger partial charge on any atom is 0.266 e. The summed E-state index contributed by atoms with van der Waals surface area (Å²) in [6, 6.07) is 8.27. The molecule has 13 heteroatoms. The first kappa shape index (κ1) is 24.5.